The van der Waals surface area contributed by atoms with Gasteiger partial charge in [0.25, 0.3) is 0 Å². The van der Waals surface area contributed by atoms with Crippen molar-refractivity contribution in [3.05, 3.63) is 32.8 Å². The van der Waals surface area contributed by atoms with Crippen molar-refractivity contribution in [1.82, 2.24) is 0 Å². The van der Waals surface area contributed by atoms with Gasteiger partial charge in [0, 0.05) is 10.0 Å². The van der Waals surface area contributed by atoms with Gasteiger partial charge in [0.15, 0.2) is 5.78 Å². The summed E-state index contributed by atoms with van der Waals surface area (Å²) in [7, 11) is 0. The first kappa shape index (κ1) is 13.8. The van der Waals surface area contributed by atoms with Crippen LogP contribution in [0.25, 0.3) is 0 Å². The standard InChI is InChI=1S/C9H4BrCl2F3O/c10-6-2-4(7(16)3-11)1-5(8(6)12)9(13,14)15/h1-2H,3H2. The minimum atomic E-state index is -4.61. The lowest BCUT2D eigenvalue weighted by molar-refractivity contribution is -0.137. The summed E-state index contributed by atoms with van der Waals surface area (Å²) in [4.78, 5) is 11.2. The fourth-order valence-corrected chi connectivity index (χ4v) is 1.86. The minimum absolute atomic E-state index is 0.0115. The third-order valence-corrected chi connectivity index (χ3v) is 3.28. The number of hydrogen-bond acceptors (Lipinski definition) is 1. The summed E-state index contributed by atoms with van der Waals surface area (Å²) in [5, 5.41) is -0.473. The largest absolute Gasteiger partial charge is 0.417 e. The van der Waals surface area contributed by atoms with Crippen LogP contribution in [0.1, 0.15) is 15.9 Å². The summed E-state index contributed by atoms with van der Waals surface area (Å²) in [5.74, 6) is -0.977. The predicted octanol–water partition coefficient (Wildman–Crippen LogP) is 4.54. The first-order valence-electron chi connectivity index (χ1n) is 3.92. The third kappa shape index (κ3) is 2.90. The molecule has 1 rings (SSSR count). The lowest BCUT2D eigenvalue weighted by Crippen LogP contribution is -2.09. The van der Waals surface area contributed by atoms with Crippen molar-refractivity contribution >= 4 is 44.9 Å². The second-order valence-corrected chi connectivity index (χ2v) is 4.37. The third-order valence-electron chi connectivity index (χ3n) is 1.78. The smallest absolute Gasteiger partial charge is 0.293 e. The van der Waals surface area contributed by atoms with Crippen molar-refractivity contribution in [2.75, 3.05) is 5.88 Å². The summed E-state index contributed by atoms with van der Waals surface area (Å²) in [6, 6.07) is 1.90. The first-order chi connectivity index (χ1) is 7.27. The number of rotatable bonds is 2. The van der Waals surface area contributed by atoms with Gasteiger partial charge in [-0.1, -0.05) is 11.6 Å². The van der Waals surface area contributed by atoms with E-state index < -0.39 is 22.5 Å². The van der Waals surface area contributed by atoms with Gasteiger partial charge in [0.05, 0.1) is 16.5 Å². The van der Waals surface area contributed by atoms with Crippen molar-refractivity contribution in [1.29, 1.82) is 0 Å². The van der Waals surface area contributed by atoms with Gasteiger partial charge in [0.1, 0.15) is 0 Å². The number of Topliss-reactive ketones (excluding diaryl/α,β-unsaturated/α-hetero) is 1. The van der Waals surface area contributed by atoms with Crippen LogP contribution in [-0.4, -0.2) is 11.7 Å². The number of benzene rings is 1. The lowest BCUT2D eigenvalue weighted by Gasteiger charge is -2.11. The maximum Gasteiger partial charge on any atom is 0.417 e. The number of carbonyl (C=O) groups excluding carboxylic acids is 1. The average Bonchev–Trinajstić information content (AvgIpc) is 2.18. The van der Waals surface area contributed by atoms with E-state index in [4.69, 9.17) is 23.2 Å². The van der Waals surface area contributed by atoms with E-state index in [0.29, 0.717) is 6.07 Å². The molecule has 0 atom stereocenters. The first-order valence-corrected chi connectivity index (χ1v) is 5.63. The van der Waals surface area contributed by atoms with Gasteiger partial charge in [-0.2, -0.15) is 13.2 Å². The van der Waals surface area contributed by atoms with E-state index in [9.17, 15) is 18.0 Å². The molecule has 0 unspecified atom stereocenters. The zero-order chi connectivity index (χ0) is 12.5. The number of alkyl halides is 4. The zero-order valence-corrected chi connectivity index (χ0v) is 10.6. The molecule has 88 valence electrons. The maximum atomic E-state index is 12.5. The molecule has 0 bridgehead atoms. The molecule has 1 aromatic carbocycles. The van der Waals surface area contributed by atoms with Crippen LogP contribution in [0.3, 0.4) is 0 Å². The van der Waals surface area contributed by atoms with Crippen LogP contribution in [0.2, 0.25) is 5.02 Å². The van der Waals surface area contributed by atoms with Gasteiger partial charge in [-0.05, 0) is 28.1 Å². The van der Waals surface area contributed by atoms with Gasteiger partial charge in [-0.15, -0.1) is 11.6 Å². The van der Waals surface area contributed by atoms with Crippen LogP contribution in [0.5, 0.6) is 0 Å². The quantitative estimate of drug-likeness (QED) is 0.572. The Balaban J connectivity index is 3.39. The summed E-state index contributed by atoms with van der Waals surface area (Å²) in [5.41, 5.74) is -1.18. The van der Waals surface area contributed by atoms with Crippen LogP contribution >= 0.6 is 39.1 Å². The minimum Gasteiger partial charge on any atom is -0.293 e. The molecule has 0 aromatic heterocycles. The number of hydrogen-bond donors (Lipinski definition) is 0. The van der Waals surface area contributed by atoms with E-state index in [1.54, 1.807) is 0 Å². The highest BCUT2D eigenvalue weighted by Gasteiger charge is 2.34. The van der Waals surface area contributed by atoms with Crippen LogP contribution < -0.4 is 0 Å². The topological polar surface area (TPSA) is 17.1 Å². The van der Waals surface area contributed by atoms with E-state index in [-0.39, 0.29) is 15.9 Å². The molecule has 1 nitrogen and oxygen atoms in total. The molecule has 0 aliphatic carbocycles. The highest BCUT2D eigenvalue weighted by molar-refractivity contribution is 9.10. The van der Waals surface area contributed by atoms with Crippen molar-refractivity contribution in [3.8, 4) is 0 Å². The average molecular weight is 336 g/mol. The van der Waals surface area contributed by atoms with Crippen molar-refractivity contribution < 1.29 is 18.0 Å². The van der Waals surface area contributed by atoms with Gasteiger partial charge in [0.2, 0.25) is 0 Å². The monoisotopic (exact) mass is 334 g/mol. The molecule has 0 spiro atoms. The Labute approximate surface area is 108 Å². The fourth-order valence-electron chi connectivity index (χ4n) is 1.03. The Morgan fingerprint density at radius 3 is 2.38 bits per heavy atom. The lowest BCUT2D eigenvalue weighted by atomic mass is 10.1. The molecule has 0 saturated heterocycles. The van der Waals surface area contributed by atoms with Crippen molar-refractivity contribution in [3.63, 3.8) is 0 Å². The van der Waals surface area contributed by atoms with Gasteiger partial charge < -0.3 is 0 Å². The molecule has 0 amide bonds. The van der Waals surface area contributed by atoms with Crippen molar-refractivity contribution in [2.24, 2.45) is 0 Å². The summed E-state index contributed by atoms with van der Waals surface area (Å²) in [6.45, 7) is 0. The Morgan fingerprint density at radius 1 is 1.38 bits per heavy atom. The van der Waals surface area contributed by atoms with E-state index in [1.165, 1.54) is 6.07 Å². The molecule has 0 fully saturated rings. The van der Waals surface area contributed by atoms with Crippen LogP contribution in [0.15, 0.2) is 16.6 Å². The van der Waals surface area contributed by atoms with Crippen LogP contribution in [-0.2, 0) is 6.18 Å². The highest BCUT2D eigenvalue weighted by atomic mass is 79.9. The predicted molar refractivity (Wildman–Crippen MR) is 59.2 cm³/mol. The van der Waals surface area contributed by atoms with E-state index in [2.05, 4.69) is 15.9 Å². The molecule has 0 radical (unpaired) electrons. The highest BCUT2D eigenvalue weighted by Crippen LogP contribution is 2.39. The van der Waals surface area contributed by atoms with Gasteiger partial charge in [-0.25, -0.2) is 0 Å². The number of ketones is 1. The summed E-state index contributed by atoms with van der Waals surface area (Å²) in [6.07, 6.45) is -4.61. The molecule has 0 N–H and O–H groups in total. The molecule has 0 aliphatic rings. The zero-order valence-electron chi connectivity index (χ0n) is 7.54. The number of carbonyl (C=O) groups is 1. The Bertz CT molecular complexity index is 431. The number of halogens is 6. The maximum absolute atomic E-state index is 12.5. The van der Waals surface area contributed by atoms with E-state index in [1.807, 2.05) is 0 Å². The fraction of sp³-hybridized carbons (Fsp3) is 0.222. The molecule has 16 heavy (non-hydrogen) atoms. The molecular formula is C9H4BrCl2F3O. The van der Waals surface area contributed by atoms with E-state index in [0.717, 1.165) is 0 Å². The molecule has 0 aliphatic heterocycles. The normalized spacial score (nSPS) is 11.6. The van der Waals surface area contributed by atoms with Gasteiger partial charge >= 0.3 is 6.18 Å². The Kier molecular flexibility index (Phi) is 4.26. The van der Waals surface area contributed by atoms with Gasteiger partial charge in [-0.3, -0.25) is 4.79 Å². The molecular weight excluding hydrogens is 332 g/mol. The van der Waals surface area contributed by atoms with Crippen LogP contribution in [0, 0.1) is 0 Å². The van der Waals surface area contributed by atoms with Crippen molar-refractivity contribution in [2.45, 2.75) is 6.18 Å². The Morgan fingerprint density at radius 2 is 1.94 bits per heavy atom. The second-order valence-electron chi connectivity index (χ2n) is 2.87. The molecule has 7 heteroatoms. The SMILES string of the molecule is O=C(CCl)c1cc(Br)c(Cl)c(C(F)(F)F)c1. The van der Waals surface area contributed by atoms with Crippen LogP contribution in [0.4, 0.5) is 13.2 Å². The molecule has 0 saturated carbocycles. The molecule has 0 heterocycles. The van der Waals surface area contributed by atoms with E-state index >= 15 is 0 Å². The summed E-state index contributed by atoms with van der Waals surface area (Å²) < 4.78 is 37.6. The summed E-state index contributed by atoms with van der Waals surface area (Å²) >= 11 is 13.6. The second kappa shape index (κ2) is 4.94. The molecule has 1 aromatic rings. The Hall–Kier alpha value is -0.260.